The molecule has 2 unspecified atom stereocenters. The number of H-pyrrole nitrogens is 1. The molecule has 6 heteroatoms. The SMILES string of the molecule is Cc1cc(=O)c(C(=O)NC2CCCC(C(=O)O)C2)c[nH]1. The lowest BCUT2D eigenvalue weighted by molar-refractivity contribution is -0.143. The first-order valence-corrected chi connectivity index (χ1v) is 6.70. The first-order valence-electron chi connectivity index (χ1n) is 6.70. The zero-order valence-corrected chi connectivity index (χ0v) is 11.3. The van der Waals surface area contributed by atoms with Crippen molar-refractivity contribution in [2.75, 3.05) is 0 Å². The smallest absolute Gasteiger partial charge is 0.306 e. The minimum Gasteiger partial charge on any atom is -0.481 e. The number of amides is 1. The lowest BCUT2D eigenvalue weighted by Gasteiger charge is -2.27. The zero-order valence-electron chi connectivity index (χ0n) is 11.3. The number of carbonyl (C=O) groups is 2. The summed E-state index contributed by atoms with van der Waals surface area (Å²) in [6.07, 6.45) is 3.98. The Morgan fingerprint density at radius 1 is 1.40 bits per heavy atom. The highest BCUT2D eigenvalue weighted by atomic mass is 16.4. The van der Waals surface area contributed by atoms with Gasteiger partial charge in [0, 0.05) is 24.0 Å². The van der Waals surface area contributed by atoms with Crippen molar-refractivity contribution in [2.45, 2.75) is 38.6 Å². The van der Waals surface area contributed by atoms with Gasteiger partial charge in [0.2, 0.25) is 0 Å². The molecule has 108 valence electrons. The summed E-state index contributed by atoms with van der Waals surface area (Å²) >= 11 is 0. The van der Waals surface area contributed by atoms with Crippen molar-refractivity contribution in [3.05, 3.63) is 33.7 Å². The van der Waals surface area contributed by atoms with Gasteiger partial charge < -0.3 is 15.4 Å². The van der Waals surface area contributed by atoms with Gasteiger partial charge in [-0.1, -0.05) is 6.42 Å². The van der Waals surface area contributed by atoms with Crippen molar-refractivity contribution in [3.8, 4) is 0 Å². The molecule has 2 rings (SSSR count). The molecule has 6 nitrogen and oxygen atoms in total. The van der Waals surface area contributed by atoms with E-state index in [-0.39, 0.29) is 17.0 Å². The van der Waals surface area contributed by atoms with Crippen molar-refractivity contribution in [3.63, 3.8) is 0 Å². The number of carbonyl (C=O) groups excluding carboxylic acids is 1. The quantitative estimate of drug-likeness (QED) is 0.769. The molecule has 0 aliphatic heterocycles. The molecular formula is C14H18N2O4. The number of hydrogen-bond donors (Lipinski definition) is 3. The molecule has 1 aliphatic carbocycles. The van der Waals surface area contributed by atoms with E-state index in [4.69, 9.17) is 5.11 Å². The van der Waals surface area contributed by atoms with E-state index in [9.17, 15) is 14.4 Å². The number of aromatic amines is 1. The van der Waals surface area contributed by atoms with E-state index in [1.54, 1.807) is 6.92 Å². The molecule has 1 aromatic heterocycles. The van der Waals surface area contributed by atoms with Crippen LogP contribution in [-0.2, 0) is 4.79 Å². The second-order valence-electron chi connectivity index (χ2n) is 5.27. The molecule has 0 aromatic carbocycles. The van der Waals surface area contributed by atoms with Gasteiger partial charge in [0.1, 0.15) is 5.56 Å². The van der Waals surface area contributed by atoms with E-state index < -0.39 is 17.8 Å². The minimum absolute atomic E-state index is 0.0630. The Labute approximate surface area is 116 Å². The third-order valence-electron chi connectivity index (χ3n) is 3.66. The Bertz CT molecular complexity index is 579. The van der Waals surface area contributed by atoms with E-state index in [0.29, 0.717) is 18.5 Å². The van der Waals surface area contributed by atoms with Gasteiger partial charge in [0.05, 0.1) is 5.92 Å². The molecule has 1 fully saturated rings. The average Bonchev–Trinajstić information content (AvgIpc) is 2.38. The summed E-state index contributed by atoms with van der Waals surface area (Å²) in [5, 5.41) is 11.8. The van der Waals surface area contributed by atoms with Crippen molar-refractivity contribution in [2.24, 2.45) is 5.92 Å². The third-order valence-corrected chi connectivity index (χ3v) is 3.66. The number of rotatable bonds is 3. The number of aliphatic carboxylic acids is 1. The van der Waals surface area contributed by atoms with E-state index >= 15 is 0 Å². The van der Waals surface area contributed by atoms with Crippen LogP contribution in [0.4, 0.5) is 0 Å². The highest BCUT2D eigenvalue weighted by Gasteiger charge is 2.28. The summed E-state index contributed by atoms with van der Waals surface area (Å²) in [6.45, 7) is 1.74. The van der Waals surface area contributed by atoms with E-state index in [0.717, 1.165) is 12.8 Å². The normalized spacial score (nSPS) is 22.2. The monoisotopic (exact) mass is 278 g/mol. The van der Waals surface area contributed by atoms with Gasteiger partial charge in [-0.05, 0) is 26.2 Å². The molecule has 1 aliphatic rings. The Morgan fingerprint density at radius 3 is 2.80 bits per heavy atom. The Kier molecular flexibility index (Phi) is 4.22. The molecule has 0 bridgehead atoms. The summed E-state index contributed by atoms with van der Waals surface area (Å²) < 4.78 is 0. The van der Waals surface area contributed by atoms with Gasteiger partial charge in [0.15, 0.2) is 5.43 Å². The number of pyridine rings is 1. The lowest BCUT2D eigenvalue weighted by atomic mass is 9.85. The van der Waals surface area contributed by atoms with E-state index in [1.165, 1.54) is 12.3 Å². The fourth-order valence-electron chi connectivity index (χ4n) is 2.56. The molecule has 20 heavy (non-hydrogen) atoms. The van der Waals surface area contributed by atoms with Crippen LogP contribution >= 0.6 is 0 Å². The molecule has 3 N–H and O–H groups in total. The predicted octanol–water partition coefficient (Wildman–Crippen LogP) is 1.06. The maximum absolute atomic E-state index is 12.0. The summed E-state index contributed by atoms with van der Waals surface area (Å²) in [6, 6.07) is 1.19. The maximum Gasteiger partial charge on any atom is 0.306 e. The van der Waals surface area contributed by atoms with Gasteiger partial charge in [0.25, 0.3) is 5.91 Å². The largest absolute Gasteiger partial charge is 0.481 e. The topological polar surface area (TPSA) is 99.3 Å². The fraction of sp³-hybridized carbons (Fsp3) is 0.500. The Hall–Kier alpha value is -2.11. The van der Waals surface area contributed by atoms with Crippen LogP contribution in [0.25, 0.3) is 0 Å². The molecular weight excluding hydrogens is 260 g/mol. The van der Waals surface area contributed by atoms with Crippen molar-refractivity contribution in [1.29, 1.82) is 0 Å². The lowest BCUT2D eigenvalue weighted by Crippen LogP contribution is -2.41. The van der Waals surface area contributed by atoms with Crippen LogP contribution in [0, 0.1) is 12.8 Å². The summed E-state index contributed by atoms with van der Waals surface area (Å²) in [5.41, 5.74) is 0.424. The summed E-state index contributed by atoms with van der Waals surface area (Å²) in [7, 11) is 0. The molecule has 2 atom stereocenters. The maximum atomic E-state index is 12.0. The van der Waals surface area contributed by atoms with Gasteiger partial charge in [-0.15, -0.1) is 0 Å². The summed E-state index contributed by atoms with van der Waals surface area (Å²) in [4.78, 5) is 37.6. The van der Waals surface area contributed by atoms with Crippen molar-refractivity contribution in [1.82, 2.24) is 10.3 Å². The van der Waals surface area contributed by atoms with Gasteiger partial charge >= 0.3 is 5.97 Å². The number of carboxylic acids is 1. The molecule has 0 saturated heterocycles. The van der Waals surface area contributed by atoms with E-state index in [2.05, 4.69) is 10.3 Å². The second kappa shape index (κ2) is 5.90. The van der Waals surface area contributed by atoms with Crippen LogP contribution in [0.1, 0.15) is 41.7 Å². The van der Waals surface area contributed by atoms with Crippen LogP contribution in [0.3, 0.4) is 0 Å². The number of nitrogens with one attached hydrogen (secondary N) is 2. The van der Waals surface area contributed by atoms with Crippen LogP contribution < -0.4 is 10.7 Å². The van der Waals surface area contributed by atoms with Crippen LogP contribution in [0.15, 0.2) is 17.1 Å². The van der Waals surface area contributed by atoms with Gasteiger partial charge in [-0.2, -0.15) is 0 Å². The van der Waals surface area contributed by atoms with Crippen LogP contribution in [-0.4, -0.2) is 28.0 Å². The van der Waals surface area contributed by atoms with Crippen LogP contribution in [0.5, 0.6) is 0 Å². The first-order chi connectivity index (χ1) is 9.47. The fourth-order valence-corrected chi connectivity index (χ4v) is 2.56. The van der Waals surface area contributed by atoms with Crippen molar-refractivity contribution >= 4 is 11.9 Å². The molecule has 1 aromatic rings. The highest BCUT2D eigenvalue weighted by molar-refractivity contribution is 5.94. The number of aromatic nitrogens is 1. The van der Waals surface area contributed by atoms with Crippen LogP contribution in [0.2, 0.25) is 0 Å². The number of carboxylic acid groups (broad SMARTS) is 1. The van der Waals surface area contributed by atoms with E-state index in [1.807, 2.05) is 0 Å². The zero-order chi connectivity index (χ0) is 14.7. The molecule has 0 radical (unpaired) electrons. The Balaban J connectivity index is 2.04. The molecule has 1 amide bonds. The molecule has 1 saturated carbocycles. The van der Waals surface area contributed by atoms with Crippen molar-refractivity contribution < 1.29 is 14.7 Å². The minimum atomic E-state index is -0.822. The predicted molar refractivity (Wildman–Crippen MR) is 72.6 cm³/mol. The number of aryl methyl sites for hydroxylation is 1. The third kappa shape index (κ3) is 3.26. The first kappa shape index (κ1) is 14.3. The summed E-state index contributed by atoms with van der Waals surface area (Å²) in [5.74, 6) is -1.68. The van der Waals surface area contributed by atoms with Gasteiger partial charge in [-0.25, -0.2) is 0 Å². The average molecular weight is 278 g/mol. The van der Waals surface area contributed by atoms with Gasteiger partial charge in [-0.3, -0.25) is 14.4 Å². The second-order valence-corrected chi connectivity index (χ2v) is 5.27. The standard InChI is InChI=1S/C14H18N2O4/c1-8-5-12(17)11(7-15-8)13(18)16-10-4-2-3-9(6-10)14(19)20/h5,7,9-10H,2-4,6H2,1H3,(H,15,17)(H,16,18)(H,19,20). The molecule has 0 spiro atoms. The Morgan fingerprint density at radius 2 is 2.15 bits per heavy atom. The molecule has 1 heterocycles. The number of hydrogen-bond acceptors (Lipinski definition) is 3. The highest BCUT2D eigenvalue weighted by Crippen LogP contribution is 2.24.